The molecular formula is C14H20FIN2. The van der Waals surface area contributed by atoms with Crippen LogP contribution in [0.1, 0.15) is 27.2 Å². The number of hydrogen-bond donors (Lipinski definition) is 1. The Kier molecular flexibility index (Phi) is 4.16. The van der Waals surface area contributed by atoms with E-state index in [9.17, 15) is 4.39 Å². The smallest absolute Gasteiger partial charge is 0.124 e. The molecule has 2 nitrogen and oxygen atoms in total. The van der Waals surface area contributed by atoms with Gasteiger partial charge in [0, 0.05) is 28.2 Å². The second-order valence-corrected chi connectivity index (χ2v) is 6.53. The van der Waals surface area contributed by atoms with Gasteiger partial charge in [0.05, 0.1) is 5.69 Å². The van der Waals surface area contributed by atoms with Gasteiger partial charge in [-0.2, -0.15) is 0 Å². The molecule has 4 heteroatoms. The SMILES string of the molecule is CCC1(C)CN(c2ccc(F)cc2I)C(C)CN1. The highest BCUT2D eigenvalue weighted by atomic mass is 127. The zero-order chi connectivity index (χ0) is 13.3. The van der Waals surface area contributed by atoms with Crippen LogP contribution in [0.15, 0.2) is 18.2 Å². The lowest BCUT2D eigenvalue weighted by atomic mass is 9.93. The van der Waals surface area contributed by atoms with E-state index in [-0.39, 0.29) is 11.4 Å². The molecule has 1 N–H and O–H groups in total. The fourth-order valence-electron chi connectivity index (χ4n) is 2.37. The van der Waals surface area contributed by atoms with Crippen molar-refractivity contribution in [3.8, 4) is 0 Å². The highest BCUT2D eigenvalue weighted by Crippen LogP contribution is 2.29. The Labute approximate surface area is 122 Å². The average Bonchev–Trinajstić information content (AvgIpc) is 2.33. The van der Waals surface area contributed by atoms with Crippen molar-refractivity contribution in [1.29, 1.82) is 0 Å². The zero-order valence-electron chi connectivity index (χ0n) is 11.1. The topological polar surface area (TPSA) is 15.3 Å². The van der Waals surface area contributed by atoms with Crippen molar-refractivity contribution < 1.29 is 4.39 Å². The van der Waals surface area contributed by atoms with Crippen molar-refractivity contribution in [1.82, 2.24) is 5.32 Å². The monoisotopic (exact) mass is 362 g/mol. The molecule has 100 valence electrons. The lowest BCUT2D eigenvalue weighted by molar-refractivity contribution is 0.285. The van der Waals surface area contributed by atoms with Crippen molar-refractivity contribution >= 4 is 28.3 Å². The molecule has 0 aromatic heterocycles. The Morgan fingerprint density at radius 3 is 2.89 bits per heavy atom. The van der Waals surface area contributed by atoms with Crippen LogP contribution in [0.4, 0.5) is 10.1 Å². The lowest BCUT2D eigenvalue weighted by Crippen LogP contribution is -2.62. The van der Waals surface area contributed by atoms with E-state index in [1.54, 1.807) is 12.1 Å². The van der Waals surface area contributed by atoms with Crippen molar-refractivity contribution in [3.05, 3.63) is 27.6 Å². The maximum atomic E-state index is 13.2. The third kappa shape index (κ3) is 2.79. The van der Waals surface area contributed by atoms with E-state index in [2.05, 4.69) is 53.6 Å². The summed E-state index contributed by atoms with van der Waals surface area (Å²) in [4.78, 5) is 2.39. The van der Waals surface area contributed by atoms with Crippen molar-refractivity contribution in [2.45, 2.75) is 38.8 Å². The lowest BCUT2D eigenvalue weighted by Gasteiger charge is -2.46. The van der Waals surface area contributed by atoms with Crippen LogP contribution in [0, 0.1) is 9.39 Å². The summed E-state index contributed by atoms with van der Waals surface area (Å²) in [6, 6.07) is 5.49. The molecule has 1 aromatic carbocycles. The van der Waals surface area contributed by atoms with Gasteiger partial charge >= 0.3 is 0 Å². The van der Waals surface area contributed by atoms with Gasteiger partial charge in [-0.1, -0.05) is 6.92 Å². The highest BCUT2D eigenvalue weighted by Gasteiger charge is 2.33. The first-order valence-corrected chi connectivity index (χ1v) is 7.50. The minimum atomic E-state index is -0.163. The number of rotatable bonds is 2. The Balaban J connectivity index is 2.30. The van der Waals surface area contributed by atoms with Gasteiger partial charge < -0.3 is 10.2 Å². The number of anilines is 1. The molecule has 2 unspecified atom stereocenters. The van der Waals surface area contributed by atoms with E-state index < -0.39 is 0 Å². The molecule has 1 fully saturated rings. The molecule has 0 radical (unpaired) electrons. The first-order valence-electron chi connectivity index (χ1n) is 6.42. The van der Waals surface area contributed by atoms with E-state index in [4.69, 9.17) is 0 Å². The number of nitrogens with one attached hydrogen (secondary N) is 1. The van der Waals surface area contributed by atoms with Crippen LogP contribution < -0.4 is 10.2 Å². The Morgan fingerprint density at radius 1 is 1.56 bits per heavy atom. The number of halogens is 2. The molecular weight excluding hydrogens is 342 g/mol. The van der Waals surface area contributed by atoms with Crippen molar-refractivity contribution in [3.63, 3.8) is 0 Å². The first kappa shape index (κ1) is 14.1. The van der Waals surface area contributed by atoms with E-state index in [0.717, 1.165) is 28.8 Å². The number of nitrogens with zero attached hydrogens (tertiary/aromatic N) is 1. The third-order valence-corrected chi connectivity index (χ3v) is 4.74. The van der Waals surface area contributed by atoms with Crippen LogP contribution in [0.25, 0.3) is 0 Å². The maximum absolute atomic E-state index is 13.2. The van der Waals surface area contributed by atoms with Crippen LogP contribution in [0.5, 0.6) is 0 Å². The van der Waals surface area contributed by atoms with Crippen LogP contribution in [-0.4, -0.2) is 24.7 Å². The second-order valence-electron chi connectivity index (χ2n) is 5.37. The van der Waals surface area contributed by atoms with Crippen molar-refractivity contribution in [2.75, 3.05) is 18.0 Å². The quantitative estimate of drug-likeness (QED) is 0.812. The zero-order valence-corrected chi connectivity index (χ0v) is 13.3. The Morgan fingerprint density at radius 2 is 2.28 bits per heavy atom. The molecule has 1 aliphatic heterocycles. The van der Waals surface area contributed by atoms with Gasteiger partial charge in [0.1, 0.15) is 5.82 Å². The van der Waals surface area contributed by atoms with Gasteiger partial charge in [0.2, 0.25) is 0 Å². The number of piperazine rings is 1. The maximum Gasteiger partial charge on any atom is 0.124 e. The molecule has 2 atom stereocenters. The summed E-state index contributed by atoms with van der Waals surface area (Å²) in [6.45, 7) is 8.60. The normalized spacial score (nSPS) is 28.5. The van der Waals surface area contributed by atoms with E-state index >= 15 is 0 Å². The third-order valence-electron chi connectivity index (χ3n) is 3.88. The molecule has 2 rings (SSSR count). The van der Waals surface area contributed by atoms with Gasteiger partial charge in [-0.25, -0.2) is 4.39 Å². The summed E-state index contributed by atoms with van der Waals surface area (Å²) in [5, 5.41) is 3.61. The second kappa shape index (κ2) is 5.33. The predicted octanol–water partition coefficient (Wildman–Crippen LogP) is 3.40. The van der Waals surface area contributed by atoms with Crippen LogP contribution in [0.3, 0.4) is 0 Å². The first-order chi connectivity index (χ1) is 8.45. The summed E-state index contributed by atoms with van der Waals surface area (Å²) in [5.74, 6) is -0.163. The van der Waals surface area contributed by atoms with Crippen LogP contribution >= 0.6 is 22.6 Å². The minimum Gasteiger partial charge on any atom is -0.365 e. The molecule has 1 aliphatic rings. The molecule has 0 amide bonds. The van der Waals surface area contributed by atoms with Gasteiger partial charge in [-0.05, 0) is 61.1 Å². The number of benzene rings is 1. The largest absolute Gasteiger partial charge is 0.365 e. The average molecular weight is 362 g/mol. The Bertz CT molecular complexity index is 438. The molecule has 1 aromatic rings. The van der Waals surface area contributed by atoms with Gasteiger partial charge in [-0.15, -0.1) is 0 Å². The summed E-state index contributed by atoms with van der Waals surface area (Å²) in [6.07, 6.45) is 1.09. The molecule has 18 heavy (non-hydrogen) atoms. The van der Waals surface area contributed by atoms with E-state index in [1.807, 2.05) is 6.07 Å². The van der Waals surface area contributed by atoms with E-state index in [1.165, 1.54) is 0 Å². The molecule has 1 saturated heterocycles. The molecule has 0 saturated carbocycles. The molecule has 0 spiro atoms. The van der Waals surface area contributed by atoms with E-state index in [0.29, 0.717) is 6.04 Å². The highest BCUT2D eigenvalue weighted by molar-refractivity contribution is 14.1. The summed E-state index contributed by atoms with van der Waals surface area (Å²) in [7, 11) is 0. The van der Waals surface area contributed by atoms with Crippen LogP contribution in [0.2, 0.25) is 0 Å². The van der Waals surface area contributed by atoms with Gasteiger partial charge in [-0.3, -0.25) is 0 Å². The fraction of sp³-hybridized carbons (Fsp3) is 0.571. The Hall–Kier alpha value is -0.360. The standard InChI is InChI=1S/C14H20FIN2/c1-4-14(3)9-18(10(2)8-17-14)13-6-5-11(15)7-12(13)16/h5-7,10,17H,4,8-9H2,1-3H3. The van der Waals surface area contributed by atoms with Gasteiger partial charge in [0.15, 0.2) is 0 Å². The molecule has 0 aliphatic carbocycles. The van der Waals surface area contributed by atoms with Crippen LogP contribution in [-0.2, 0) is 0 Å². The number of hydrogen-bond acceptors (Lipinski definition) is 2. The summed E-state index contributed by atoms with van der Waals surface area (Å²) < 4.78 is 14.2. The van der Waals surface area contributed by atoms with Crippen molar-refractivity contribution in [2.24, 2.45) is 0 Å². The predicted molar refractivity (Wildman–Crippen MR) is 82.6 cm³/mol. The molecule has 0 bridgehead atoms. The minimum absolute atomic E-state index is 0.143. The molecule has 1 heterocycles. The summed E-state index contributed by atoms with van der Waals surface area (Å²) in [5.41, 5.74) is 1.29. The fourth-order valence-corrected chi connectivity index (χ4v) is 3.15. The van der Waals surface area contributed by atoms with Gasteiger partial charge in [0.25, 0.3) is 0 Å². The summed E-state index contributed by atoms with van der Waals surface area (Å²) >= 11 is 2.22.